The number of carbonyl (C=O) groups is 1. The number of hydrogen-bond acceptors (Lipinski definition) is 5. The highest BCUT2D eigenvalue weighted by Crippen LogP contribution is 2.23. The Kier molecular flexibility index (Phi) is 6.20. The van der Waals surface area contributed by atoms with Crippen LogP contribution in [-0.2, 0) is 4.74 Å². The molecular weight excluding hydrogens is 328 g/mol. The summed E-state index contributed by atoms with van der Waals surface area (Å²) in [5.41, 5.74) is 4.73. The van der Waals surface area contributed by atoms with Gasteiger partial charge in [0.25, 0.3) is 5.91 Å². The topological polar surface area (TPSA) is 66.5 Å². The second kappa shape index (κ2) is 8.78. The first-order valence-corrected chi connectivity index (χ1v) is 9.01. The number of aryl methyl sites for hydroxylation is 2. The molecule has 1 amide bonds. The fourth-order valence-electron chi connectivity index (χ4n) is 3.00. The maximum absolute atomic E-state index is 12.2. The summed E-state index contributed by atoms with van der Waals surface area (Å²) in [5.74, 6) is -0.142. The van der Waals surface area contributed by atoms with Crippen molar-refractivity contribution >= 4 is 17.3 Å². The third kappa shape index (κ3) is 4.80. The number of amides is 1. The number of ether oxygens (including phenoxy) is 1. The number of hydrogen-bond donors (Lipinski definition) is 2. The summed E-state index contributed by atoms with van der Waals surface area (Å²) >= 11 is 0. The maximum Gasteiger partial charge on any atom is 0.269 e. The molecule has 2 heterocycles. The molecule has 1 fully saturated rings. The molecule has 2 N–H and O–H groups in total. The number of anilines is 2. The Hall–Kier alpha value is -2.44. The number of rotatable bonds is 6. The minimum atomic E-state index is -0.142. The van der Waals surface area contributed by atoms with Gasteiger partial charge in [0, 0.05) is 31.9 Å². The number of benzene rings is 1. The molecule has 138 valence electrons. The van der Waals surface area contributed by atoms with Crippen LogP contribution in [0.5, 0.6) is 0 Å². The Labute approximate surface area is 154 Å². The lowest BCUT2D eigenvalue weighted by Gasteiger charge is -2.26. The van der Waals surface area contributed by atoms with Crippen molar-refractivity contribution in [3.8, 4) is 0 Å². The standard InChI is InChI=1S/C20H26N4O2/c1-15-4-3-5-16(2)19(15)23-17-6-7-18(22-14-17)20(25)21-8-9-24-10-12-26-13-11-24/h3-7,14,23H,8-13H2,1-2H3,(H,21,25). The van der Waals surface area contributed by atoms with Gasteiger partial charge in [0.15, 0.2) is 0 Å². The molecule has 1 aliphatic heterocycles. The molecule has 6 nitrogen and oxygen atoms in total. The first kappa shape index (κ1) is 18.4. The first-order valence-electron chi connectivity index (χ1n) is 9.01. The van der Waals surface area contributed by atoms with Gasteiger partial charge in [-0.1, -0.05) is 18.2 Å². The zero-order valence-electron chi connectivity index (χ0n) is 15.4. The number of carbonyl (C=O) groups excluding carboxylic acids is 1. The van der Waals surface area contributed by atoms with E-state index in [9.17, 15) is 4.79 Å². The van der Waals surface area contributed by atoms with E-state index in [4.69, 9.17) is 4.74 Å². The van der Waals surface area contributed by atoms with E-state index >= 15 is 0 Å². The summed E-state index contributed by atoms with van der Waals surface area (Å²) in [6.07, 6.45) is 1.70. The van der Waals surface area contributed by atoms with Gasteiger partial charge in [-0.05, 0) is 37.1 Å². The van der Waals surface area contributed by atoms with Gasteiger partial charge < -0.3 is 15.4 Å². The van der Waals surface area contributed by atoms with Gasteiger partial charge in [0.1, 0.15) is 5.69 Å². The Balaban J connectivity index is 1.52. The summed E-state index contributed by atoms with van der Waals surface area (Å²) in [6, 6.07) is 9.81. The van der Waals surface area contributed by atoms with Crippen LogP contribution < -0.4 is 10.6 Å². The zero-order chi connectivity index (χ0) is 18.4. The molecule has 1 aliphatic rings. The van der Waals surface area contributed by atoms with E-state index in [0.717, 1.165) is 44.2 Å². The van der Waals surface area contributed by atoms with Crippen LogP contribution in [0.1, 0.15) is 21.6 Å². The van der Waals surface area contributed by atoms with Gasteiger partial charge in [0.2, 0.25) is 0 Å². The minimum absolute atomic E-state index is 0.142. The van der Waals surface area contributed by atoms with Crippen molar-refractivity contribution in [2.75, 3.05) is 44.7 Å². The van der Waals surface area contributed by atoms with Gasteiger partial charge in [-0.15, -0.1) is 0 Å². The summed E-state index contributed by atoms with van der Waals surface area (Å²) in [7, 11) is 0. The van der Waals surface area contributed by atoms with Gasteiger partial charge >= 0.3 is 0 Å². The van der Waals surface area contributed by atoms with Crippen molar-refractivity contribution in [2.24, 2.45) is 0 Å². The summed E-state index contributed by atoms with van der Waals surface area (Å²) < 4.78 is 5.32. The summed E-state index contributed by atoms with van der Waals surface area (Å²) in [4.78, 5) is 18.8. The Morgan fingerprint density at radius 2 is 1.88 bits per heavy atom. The number of para-hydroxylation sites is 1. The van der Waals surface area contributed by atoms with E-state index in [1.54, 1.807) is 12.3 Å². The molecule has 0 aliphatic carbocycles. The second-order valence-electron chi connectivity index (χ2n) is 6.53. The molecule has 26 heavy (non-hydrogen) atoms. The quantitative estimate of drug-likeness (QED) is 0.834. The van der Waals surface area contributed by atoms with E-state index in [1.165, 1.54) is 11.1 Å². The molecule has 0 unspecified atom stereocenters. The molecule has 0 spiro atoms. The van der Waals surface area contributed by atoms with Crippen molar-refractivity contribution in [1.82, 2.24) is 15.2 Å². The molecular formula is C20H26N4O2. The van der Waals surface area contributed by atoms with E-state index in [1.807, 2.05) is 12.1 Å². The van der Waals surface area contributed by atoms with E-state index in [-0.39, 0.29) is 5.91 Å². The third-order valence-corrected chi connectivity index (χ3v) is 4.56. The SMILES string of the molecule is Cc1cccc(C)c1Nc1ccc(C(=O)NCCN2CCOCC2)nc1. The number of nitrogens with zero attached hydrogens (tertiary/aromatic N) is 2. The molecule has 0 atom stereocenters. The highest BCUT2D eigenvalue weighted by Gasteiger charge is 2.11. The molecule has 3 rings (SSSR count). The van der Waals surface area contributed by atoms with Crippen LogP contribution in [0, 0.1) is 13.8 Å². The fourth-order valence-corrected chi connectivity index (χ4v) is 3.00. The smallest absolute Gasteiger partial charge is 0.269 e. The average Bonchev–Trinajstić information content (AvgIpc) is 2.66. The van der Waals surface area contributed by atoms with E-state index in [2.05, 4.69) is 46.5 Å². The van der Waals surface area contributed by atoms with Crippen molar-refractivity contribution in [3.05, 3.63) is 53.3 Å². The first-order chi connectivity index (χ1) is 12.6. The Morgan fingerprint density at radius 3 is 2.54 bits per heavy atom. The Morgan fingerprint density at radius 1 is 1.15 bits per heavy atom. The summed E-state index contributed by atoms with van der Waals surface area (Å²) in [5, 5.41) is 6.31. The monoisotopic (exact) mass is 354 g/mol. The van der Waals surface area contributed by atoms with Crippen molar-refractivity contribution in [1.29, 1.82) is 0 Å². The second-order valence-corrected chi connectivity index (χ2v) is 6.53. The number of nitrogens with one attached hydrogen (secondary N) is 2. The molecule has 6 heteroatoms. The van der Waals surface area contributed by atoms with Gasteiger partial charge in [-0.2, -0.15) is 0 Å². The predicted octanol–water partition coefficient (Wildman–Crippen LogP) is 2.50. The van der Waals surface area contributed by atoms with Crippen molar-refractivity contribution < 1.29 is 9.53 Å². The van der Waals surface area contributed by atoms with Crippen LogP contribution in [0.2, 0.25) is 0 Å². The zero-order valence-corrected chi connectivity index (χ0v) is 15.4. The molecule has 1 saturated heterocycles. The lowest BCUT2D eigenvalue weighted by atomic mass is 10.1. The minimum Gasteiger partial charge on any atom is -0.379 e. The van der Waals surface area contributed by atoms with Crippen LogP contribution in [0.25, 0.3) is 0 Å². The predicted molar refractivity (Wildman–Crippen MR) is 103 cm³/mol. The largest absolute Gasteiger partial charge is 0.379 e. The highest BCUT2D eigenvalue weighted by molar-refractivity contribution is 5.92. The van der Waals surface area contributed by atoms with Crippen molar-refractivity contribution in [3.63, 3.8) is 0 Å². The highest BCUT2D eigenvalue weighted by atomic mass is 16.5. The number of morpholine rings is 1. The van der Waals surface area contributed by atoms with E-state index in [0.29, 0.717) is 12.2 Å². The molecule has 0 radical (unpaired) electrons. The average molecular weight is 354 g/mol. The Bertz CT molecular complexity index is 720. The number of aromatic nitrogens is 1. The fraction of sp³-hybridized carbons (Fsp3) is 0.400. The molecule has 0 saturated carbocycles. The van der Waals surface area contributed by atoms with Crippen LogP contribution in [0.4, 0.5) is 11.4 Å². The van der Waals surface area contributed by atoms with Crippen molar-refractivity contribution in [2.45, 2.75) is 13.8 Å². The van der Waals surface area contributed by atoms with Gasteiger partial charge in [0.05, 0.1) is 25.1 Å². The normalized spacial score (nSPS) is 14.8. The van der Waals surface area contributed by atoms with Crippen LogP contribution in [-0.4, -0.2) is 55.2 Å². The van der Waals surface area contributed by atoms with Gasteiger partial charge in [-0.25, -0.2) is 4.98 Å². The maximum atomic E-state index is 12.2. The molecule has 1 aromatic heterocycles. The van der Waals surface area contributed by atoms with E-state index < -0.39 is 0 Å². The van der Waals surface area contributed by atoms with Gasteiger partial charge in [-0.3, -0.25) is 9.69 Å². The van der Waals surface area contributed by atoms with Crippen LogP contribution >= 0.6 is 0 Å². The number of pyridine rings is 1. The lowest BCUT2D eigenvalue weighted by Crippen LogP contribution is -2.41. The molecule has 1 aromatic carbocycles. The molecule has 0 bridgehead atoms. The lowest BCUT2D eigenvalue weighted by molar-refractivity contribution is 0.0383. The molecule has 2 aromatic rings. The third-order valence-electron chi connectivity index (χ3n) is 4.56. The van der Waals surface area contributed by atoms with Crippen LogP contribution in [0.15, 0.2) is 36.5 Å². The van der Waals surface area contributed by atoms with Crippen LogP contribution in [0.3, 0.4) is 0 Å². The summed E-state index contributed by atoms with van der Waals surface area (Å²) in [6.45, 7) is 8.97.